The van der Waals surface area contributed by atoms with E-state index in [4.69, 9.17) is 11.6 Å². The molecule has 0 saturated carbocycles. The van der Waals surface area contributed by atoms with Crippen molar-refractivity contribution in [3.05, 3.63) is 143 Å². The van der Waals surface area contributed by atoms with E-state index in [2.05, 4.69) is 189 Å². The first-order valence-corrected chi connectivity index (χ1v) is 18.8. The maximum absolute atomic E-state index is 5.81. The molecule has 0 aliphatic heterocycles. The van der Waals surface area contributed by atoms with Crippen LogP contribution >= 0.6 is 11.6 Å². The highest BCUT2D eigenvalue weighted by atomic mass is 35.5. The minimum absolute atomic E-state index is 0.0390. The molecule has 0 amide bonds. The molecule has 0 unspecified atom stereocenters. The number of aromatic nitrogens is 6. The molecule has 53 heavy (non-hydrogen) atoms. The van der Waals surface area contributed by atoms with Crippen molar-refractivity contribution in [3.8, 4) is 0 Å². The summed E-state index contributed by atoms with van der Waals surface area (Å²) in [6, 6.07) is 22.6. The smallest absolute Gasteiger partial charge is 0.133 e. The van der Waals surface area contributed by atoms with Gasteiger partial charge in [0.25, 0.3) is 0 Å². The Hall–Kier alpha value is -4.03. The number of rotatable bonds is 0. The first kappa shape index (κ1) is 47.0. The maximum Gasteiger partial charge on any atom is 0.133 e. The zero-order valence-corrected chi connectivity index (χ0v) is 36.6. The van der Waals surface area contributed by atoms with Crippen molar-refractivity contribution in [1.82, 2.24) is 29.9 Å². The van der Waals surface area contributed by atoms with E-state index >= 15 is 0 Å². The maximum atomic E-state index is 5.81. The molecule has 0 atom stereocenters. The molecule has 4 heterocycles. The third-order valence-corrected chi connectivity index (χ3v) is 7.85. The monoisotopic (exact) mass is 739 g/mol. The van der Waals surface area contributed by atoms with Crippen LogP contribution in [0.15, 0.2) is 97.7 Å². The number of benzene rings is 1. The first-order valence-electron chi connectivity index (χ1n) is 18.4. The Morgan fingerprint density at radius 2 is 0.943 bits per heavy atom. The predicted molar refractivity (Wildman–Crippen MR) is 227 cm³/mol. The van der Waals surface area contributed by atoms with E-state index in [0.29, 0.717) is 10.6 Å². The van der Waals surface area contributed by atoms with Crippen LogP contribution in [0, 0.1) is 13.8 Å². The number of nitrogens with zero attached hydrogens (tertiary/aromatic N) is 6. The lowest BCUT2D eigenvalue weighted by molar-refractivity contribution is 0.564. The van der Waals surface area contributed by atoms with Crippen molar-refractivity contribution >= 4 is 11.6 Å². The molecule has 0 saturated heterocycles. The first-order chi connectivity index (χ1) is 24.2. The molecule has 0 fully saturated rings. The quantitative estimate of drug-likeness (QED) is 0.147. The molecule has 0 aliphatic rings. The lowest BCUT2D eigenvalue weighted by Crippen LogP contribution is -2.14. The summed E-state index contributed by atoms with van der Waals surface area (Å²) in [6.07, 6.45) is 8.97. The van der Waals surface area contributed by atoms with Crippen LogP contribution in [-0.2, 0) is 27.1 Å². The Kier molecular flexibility index (Phi) is 18.1. The van der Waals surface area contributed by atoms with Gasteiger partial charge in [-0.1, -0.05) is 158 Å². The van der Waals surface area contributed by atoms with Gasteiger partial charge in [-0.2, -0.15) is 0 Å². The van der Waals surface area contributed by atoms with Gasteiger partial charge >= 0.3 is 0 Å². The van der Waals surface area contributed by atoms with Gasteiger partial charge < -0.3 is 0 Å². The number of pyridine rings is 2. The van der Waals surface area contributed by atoms with Crippen molar-refractivity contribution in [1.29, 1.82) is 0 Å². The summed E-state index contributed by atoms with van der Waals surface area (Å²) in [5.74, 6) is 0.729. The van der Waals surface area contributed by atoms with Crippen molar-refractivity contribution in [3.63, 3.8) is 0 Å². The summed E-state index contributed by atoms with van der Waals surface area (Å²) in [6.45, 7) is 36.2. The van der Waals surface area contributed by atoms with Crippen LogP contribution in [0.3, 0.4) is 0 Å². The van der Waals surface area contributed by atoms with Crippen LogP contribution in [-0.4, -0.2) is 29.9 Å². The highest BCUT2D eigenvalue weighted by molar-refractivity contribution is 6.29. The molecule has 5 rings (SSSR count). The molecule has 0 N–H and O–H groups in total. The molecule has 0 spiro atoms. The summed E-state index contributed by atoms with van der Waals surface area (Å²) >= 11 is 5.81. The zero-order valence-electron chi connectivity index (χ0n) is 35.8. The van der Waals surface area contributed by atoms with Gasteiger partial charge in [0.15, 0.2) is 0 Å². The number of hydrogen-bond donors (Lipinski definition) is 0. The Morgan fingerprint density at radius 3 is 1.28 bits per heavy atom. The van der Waals surface area contributed by atoms with Gasteiger partial charge in [0, 0.05) is 64.0 Å². The van der Waals surface area contributed by atoms with E-state index in [0.717, 1.165) is 28.6 Å². The molecular formula is C46H67ClN6. The van der Waals surface area contributed by atoms with E-state index < -0.39 is 0 Å². The summed E-state index contributed by atoms with van der Waals surface area (Å²) in [5, 5.41) is 0.521. The van der Waals surface area contributed by atoms with Gasteiger partial charge in [-0.25, -0.2) is 9.97 Å². The normalized spacial score (nSPS) is 11.6. The average Bonchev–Trinajstić information content (AvgIpc) is 3.05. The molecule has 4 aromatic heterocycles. The van der Waals surface area contributed by atoms with Crippen molar-refractivity contribution in [2.24, 2.45) is 0 Å². The molecule has 0 radical (unpaired) electrons. The van der Waals surface area contributed by atoms with Crippen molar-refractivity contribution in [2.45, 2.75) is 145 Å². The summed E-state index contributed by atoms with van der Waals surface area (Å²) < 4.78 is 0. The van der Waals surface area contributed by atoms with Gasteiger partial charge in [-0.3, -0.25) is 19.9 Å². The Morgan fingerprint density at radius 1 is 0.434 bits per heavy atom. The third kappa shape index (κ3) is 19.6. The largest absolute Gasteiger partial charge is 0.261 e. The molecule has 6 nitrogen and oxygen atoms in total. The molecule has 288 valence electrons. The lowest BCUT2D eigenvalue weighted by atomic mass is 9.87. The van der Waals surface area contributed by atoms with Gasteiger partial charge in [0.05, 0.1) is 11.4 Å². The van der Waals surface area contributed by atoms with Gasteiger partial charge in [-0.15, -0.1) is 0 Å². The van der Waals surface area contributed by atoms with Crippen molar-refractivity contribution in [2.75, 3.05) is 0 Å². The zero-order chi connectivity index (χ0) is 40.7. The average molecular weight is 740 g/mol. The lowest BCUT2D eigenvalue weighted by Gasteiger charge is -2.18. The minimum Gasteiger partial charge on any atom is -0.261 e. The fraction of sp³-hybridized carbons (Fsp3) is 0.478. The highest BCUT2D eigenvalue weighted by Crippen LogP contribution is 2.23. The summed E-state index contributed by atoms with van der Waals surface area (Å²) in [4.78, 5) is 25.1. The fourth-order valence-corrected chi connectivity index (χ4v) is 4.48. The highest BCUT2D eigenvalue weighted by Gasteiger charge is 2.17. The second-order valence-corrected chi connectivity index (χ2v) is 18.7. The molecule has 1 aromatic carbocycles. The van der Waals surface area contributed by atoms with E-state index in [-0.39, 0.29) is 21.7 Å². The van der Waals surface area contributed by atoms with Crippen LogP contribution in [0.5, 0.6) is 0 Å². The Bertz CT molecular complexity index is 1580. The second kappa shape index (κ2) is 20.4. The molecule has 5 aromatic rings. The summed E-state index contributed by atoms with van der Waals surface area (Å²) in [7, 11) is 0. The SMILES string of the molecule is CC(C)(C)c1ccccc1.CC(C)(C)c1ccccn1.CC(C)(C)c1cnccn1.Cc1ccc(C(C)(C)C)nc1.Cc1nc(Cl)cc(C(C)(C)C)n1. The van der Waals surface area contributed by atoms with Crippen LogP contribution < -0.4 is 0 Å². The van der Waals surface area contributed by atoms with E-state index in [1.54, 1.807) is 18.6 Å². The van der Waals surface area contributed by atoms with E-state index in [1.165, 1.54) is 11.1 Å². The number of hydrogen-bond acceptors (Lipinski definition) is 6. The third-order valence-electron chi connectivity index (χ3n) is 7.66. The predicted octanol–water partition coefficient (Wildman–Crippen LogP) is 12.6. The van der Waals surface area contributed by atoms with Crippen LogP contribution in [0.1, 0.15) is 144 Å². The number of aryl methyl sites for hydroxylation is 2. The second-order valence-electron chi connectivity index (χ2n) is 18.3. The van der Waals surface area contributed by atoms with E-state index in [1.807, 2.05) is 37.5 Å². The standard InChI is InChI=1S/C10H15N.C10H14.C9H13ClN2.C9H13N.C8H12N2/c1-8-5-6-9(11-7-8)10(2,3)4;1-10(2,3)9-7-5-4-6-8-9;1-6-11-7(9(2,3)4)5-8(10)12-6;1-9(2,3)8-6-4-5-7-10-8;1-8(2,3)7-6-9-4-5-10-7/h5-7H,1-4H3;4-8H,1-3H3;5H,1-4H3;4-7H,1-3H3;4-6H,1-3H3. The molecule has 0 aliphatic carbocycles. The minimum atomic E-state index is 0.0390. The summed E-state index contributed by atoms with van der Waals surface area (Å²) in [5.41, 5.74) is 7.75. The van der Waals surface area contributed by atoms with Gasteiger partial charge in [0.1, 0.15) is 11.0 Å². The van der Waals surface area contributed by atoms with Crippen LogP contribution in [0.2, 0.25) is 5.15 Å². The van der Waals surface area contributed by atoms with Crippen LogP contribution in [0.25, 0.3) is 0 Å². The van der Waals surface area contributed by atoms with E-state index in [9.17, 15) is 0 Å². The van der Waals surface area contributed by atoms with Gasteiger partial charge in [-0.05, 0) is 54.7 Å². The fourth-order valence-electron chi connectivity index (χ4n) is 4.26. The number of halogens is 1. The Labute approximate surface area is 327 Å². The van der Waals surface area contributed by atoms with Crippen LogP contribution in [0.4, 0.5) is 0 Å². The molecular weight excluding hydrogens is 672 g/mol. The van der Waals surface area contributed by atoms with Gasteiger partial charge in [0.2, 0.25) is 0 Å². The topological polar surface area (TPSA) is 77.3 Å². The Balaban J connectivity index is 0.000000332. The molecule has 0 bridgehead atoms. The van der Waals surface area contributed by atoms with Crippen molar-refractivity contribution < 1.29 is 0 Å². The molecule has 7 heteroatoms.